The van der Waals surface area contributed by atoms with Crippen molar-refractivity contribution in [2.75, 3.05) is 39.3 Å². The number of piperazine rings is 1. The molecule has 29 heavy (non-hydrogen) atoms. The van der Waals surface area contributed by atoms with Crippen LogP contribution in [0.3, 0.4) is 0 Å². The van der Waals surface area contributed by atoms with E-state index in [9.17, 15) is 17.6 Å². The molecule has 0 aromatic heterocycles. The van der Waals surface area contributed by atoms with Crippen LogP contribution in [-0.2, 0) is 14.8 Å². The minimum absolute atomic E-state index is 0.0970. The lowest BCUT2D eigenvalue weighted by atomic mass is 9.78. The van der Waals surface area contributed by atoms with Crippen molar-refractivity contribution < 1.29 is 22.5 Å². The molecule has 1 amide bonds. The van der Waals surface area contributed by atoms with Crippen LogP contribution in [0.15, 0.2) is 29.2 Å². The second-order valence-electron chi connectivity index (χ2n) is 8.62. The van der Waals surface area contributed by atoms with E-state index in [0.717, 1.165) is 24.6 Å². The van der Waals surface area contributed by atoms with Crippen LogP contribution in [0.25, 0.3) is 0 Å². The fourth-order valence-electron chi connectivity index (χ4n) is 5.33. The molecular formula is C21H31FN3O3S+. The van der Waals surface area contributed by atoms with Gasteiger partial charge in [0.25, 0.3) is 5.91 Å². The van der Waals surface area contributed by atoms with Gasteiger partial charge in [-0.1, -0.05) is 6.42 Å². The molecule has 0 bridgehead atoms. The lowest BCUT2D eigenvalue weighted by molar-refractivity contribution is -0.929. The number of hydrogen-bond donors (Lipinski definition) is 1. The molecule has 2 aliphatic heterocycles. The highest BCUT2D eigenvalue weighted by atomic mass is 32.2. The zero-order valence-electron chi connectivity index (χ0n) is 16.9. The second kappa shape index (κ2) is 8.70. The van der Waals surface area contributed by atoms with Gasteiger partial charge in [0.2, 0.25) is 10.0 Å². The number of hydrogen-bond acceptors (Lipinski definition) is 3. The van der Waals surface area contributed by atoms with E-state index in [0.29, 0.717) is 25.7 Å². The second-order valence-corrected chi connectivity index (χ2v) is 10.6. The molecule has 4 rings (SSSR count). The molecule has 3 aliphatic rings. The highest BCUT2D eigenvalue weighted by Gasteiger charge is 2.38. The Morgan fingerprint density at radius 3 is 2.38 bits per heavy atom. The summed E-state index contributed by atoms with van der Waals surface area (Å²) in [7, 11) is -3.65. The van der Waals surface area contributed by atoms with Crippen LogP contribution in [0.1, 0.15) is 38.5 Å². The molecular weight excluding hydrogens is 393 g/mol. The molecule has 2 saturated heterocycles. The van der Waals surface area contributed by atoms with E-state index in [1.165, 1.54) is 59.9 Å². The molecule has 0 radical (unpaired) electrons. The summed E-state index contributed by atoms with van der Waals surface area (Å²) in [5.74, 6) is 0.461. The molecule has 3 atom stereocenters. The van der Waals surface area contributed by atoms with E-state index in [1.807, 2.05) is 4.90 Å². The Labute approximate surface area is 172 Å². The van der Waals surface area contributed by atoms with E-state index in [4.69, 9.17) is 0 Å². The van der Waals surface area contributed by atoms with Crippen LogP contribution in [0.4, 0.5) is 4.39 Å². The number of fused-ring (bicyclic) bond motifs is 1. The summed E-state index contributed by atoms with van der Waals surface area (Å²) in [4.78, 5) is 16.3. The van der Waals surface area contributed by atoms with Crippen LogP contribution in [-0.4, -0.2) is 68.8 Å². The van der Waals surface area contributed by atoms with Crippen molar-refractivity contribution in [3.8, 4) is 0 Å². The third-order valence-corrected chi connectivity index (χ3v) is 8.84. The maximum absolute atomic E-state index is 13.1. The van der Waals surface area contributed by atoms with Gasteiger partial charge in [-0.15, -0.1) is 0 Å². The number of sulfonamides is 1. The van der Waals surface area contributed by atoms with Crippen LogP contribution >= 0.6 is 0 Å². The average molecular weight is 425 g/mol. The van der Waals surface area contributed by atoms with Crippen LogP contribution < -0.4 is 4.90 Å². The van der Waals surface area contributed by atoms with Crippen LogP contribution in [0.5, 0.6) is 0 Å². The van der Waals surface area contributed by atoms with Gasteiger partial charge in [0.05, 0.1) is 17.5 Å². The largest absolute Gasteiger partial charge is 0.335 e. The molecule has 2 heterocycles. The summed E-state index contributed by atoms with van der Waals surface area (Å²) in [6.07, 6.45) is 7.65. The monoisotopic (exact) mass is 424 g/mol. The lowest BCUT2D eigenvalue weighted by Gasteiger charge is -2.42. The Morgan fingerprint density at radius 1 is 1.00 bits per heavy atom. The van der Waals surface area contributed by atoms with Crippen LogP contribution in [0.2, 0.25) is 0 Å². The van der Waals surface area contributed by atoms with Gasteiger partial charge in [-0.05, 0) is 56.4 Å². The van der Waals surface area contributed by atoms with Crippen molar-refractivity contribution in [3.05, 3.63) is 30.1 Å². The number of piperidine rings is 1. The highest BCUT2D eigenvalue weighted by molar-refractivity contribution is 7.89. The normalized spacial score (nSPS) is 28.7. The molecule has 160 valence electrons. The number of carbonyl (C=O) groups is 1. The molecule has 0 spiro atoms. The summed E-state index contributed by atoms with van der Waals surface area (Å²) < 4.78 is 40.0. The number of halogens is 1. The van der Waals surface area contributed by atoms with E-state index in [1.54, 1.807) is 0 Å². The minimum Gasteiger partial charge on any atom is -0.335 e. The highest BCUT2D eigenvalue weighted by Crippen LogP contribution is 2.28. The summed E-state index contributed by atoms with van der Waals surface area (Å²) in [6.45, 7) is 3.01. The number of quaternary nitrogens is 1. The average Bonchev–Trinajstić information content (AvgIpc) is 2.74. The molecule has 1 saturated carbocycles. The number of likely N-dealkylation sites (tertiary alicyclic amines) is 1. The number of amides is 1. The molecule has 8 heteroatoms. The SMILES string of the molecule is O=C(C[NH+]1CCC[C@H]2CCCC[C@@H]21)N1CCN(S(=O)(=O)c2ccc(F)cc2)CC1. The fraction of sp³-hybridized carbons (Fsp3) is 0.667. The third-order valence-electron chi connectivity index (χ3n) is 6.93. The maximum Gasteiger partial charge on any atom is 0.277 e. The zero-order valence-corrected chi connectivity index (χ0v) is 17.7. The first-order valence-electron chi connectivity index (χ1n) is 10.8. The molecule has 3 fully saturated rings. The summed E-state index contributed by atoms with van der Waals surface area (Å²) in [5, 5.41) is 0. The molecule has 1 aromatic rings. The molecule has 1 aromatic carbocycles. The summed E-state index contributed by atoms with van der Waals surface area (Å²) in [6, 6.07) is 5.53. The number of nitrogens with zero attached hydrogens (tertiary/aromatic N) is 2. The predicted octanol–water partition coefficient (Wildman–Crippen LogP) is 0.896. The van der Waals surface area contributed by atoms with Gasteiger partial charge < -0.3 is 9.80 Å². The number of nitrogens with one attached hydrogen (secondary N) is 1. The smallest absolute Gasteiger partial charge is 0.277 e. The standard InChI is InChI=1S/C21H30FN3O3S/c22-18-7-9-19(10-8-18)29(27,28)25-14-12-23(13-15-25)21(26)16-24-11-3-5-17-4-1-2-6-20(17)24/h7-10,17,20H,1-6,11-16H2/p+1/t17-,20+/m1/s1. The first-order valence-corrected chi connectivity index (χ1v) is 12.3. The zero-order chi connectivity index (χ0) is 20.4. The van der Waals surface area contributed by atoms with Crippen LogP contribution in [0, 0.1) is 11.7 Å². The lowest BCUT2D eigenvalue weighted by Crippen LogP contribution is -3.18. The van der Waals surface area contributed by atoms with E-state index < -0.39 is 15.8 Å². The van der Waals surface area contributed by atoms with E-state index >= 15 is 0 Å². The molecule has 1 N–H and O–H groups in total. The third kappa shape index (κ3) is 4.49. The van der Waals surface area contributed by atoms with E-state index in [2.05, 4.69) is 0 Å². The van der Waals surface area contributed by atoms with Crippen molar-refractivity contribution in [2.45, 2.75) is 49.5 Å². The van der Waals surface area contributed by atoms with Gasteiger partial charge in [0.15, 0.2) is 6.54 Å². The fourth-order valence-corrected chi connectivity index (χ4v) is 6.75. The van der Waals surface area contributed by atoms with Gasteiger partial charge in [0, 0.05) is 32.1 Å². The summed E-state index contributed by atoms with van der Waals surface area (Å²) >= 11 is 0. The minimum atomic E-state index is -3.65. The Hall–Kier alpha value is -1.51. The molecule has 6 nitrogen and oxygen atoms in total. The van der Waals surface area contributed by atoms with Gasteiger partial charge in [-0.2, -0.15) is 4.31 Å². The Kier molecular flexibility index (Phi) is 6.22. The van der Waals surface area contributed by atoms with Gasteiger partial charge in [0.1, 0.15) is 5.82 Å². The van der Waals surface area contributed by atoms with Gasteiger partial charge in [-0.3, -0.25) is 4.79 Å². The number of benzene rings is 1. The topological polar surface area (TPSA) is 62.1 Å². The van der Waals surface area contributed by atoms with Crippen molar-refractivity contribution in [3.63, 3.8) is 0 Å². The molecule has 1 aliphatic carbocycles. The Bertz CT molecular complexity index is 820. The first kappa shape index (κ1) is 20.8. The molecule has 1 unspecified atom stereocenters. The number of carbonyl (C=O) groups excluding carboxylic acids is 1. The van der Waals surface area contributed by atoms with Crippen molar-refractivity contribution >= 4 is 15.9 Å². The van der Waals surface area contributed by atoms with Gasteiger partial charge in [-0.25, -0.2) is 12.8 Å². The van der Waals surface area contributed by atoms with Gasteiger partial charge >= 0.3 is 0 Å². The quantitative estimate of drug-likeness (QED) is 0.781. The summed E-state index contributed by atoms with van der Waals surface area (Å²) in [5.41, 5.74) is 0. The predicted molar refractivity (Wildman–Crippen MR) is 107 cm³/mol. The van der Waals surface area contributed by atoms with Crippen molar-refractivity contribution in [1.82, 2.24) is 9.21 Å². The van der Waals surface area contributed by atoms with Crippen molar-refractivity contribution in [2.24, 2.45) is 5.92 Å². The Balaban J connectivity index is 1.33. The first-order chi connectivity index (χ1) is 13.9. The number of rotatable bonds is 4. The van der Waals surface area contributed by atoms with E-state index in [-0.39, 0.29) is 23.9 Å². The van der Waals surface area contributed by atoms with Crippen molar-refractivity contribution in [1.29, 1.82) is 0 Å². The Morgan fingerprint density at radius 2 is 1.66 bits per heavy atom. The maximum atomic E-state index is 13.1.